The number of nitriles is 1. The van der Waals surface area contributed by atoms with Crippen LogP contribution >= 0.6 is 21.6 Å². The first-order valence-corrected chi connectivity index (χ1v) is 11.0. The summed E-state index contributed by atoms with van der Waals surface area (Å²) in [5.41, 5.74) is 9.58. The summed E-state index contributed by atoms with van der Waals surface area (Å²) in [6.07, 6.45) is -0.724. The highest BCUT2D eigenvalue weighted by Gasteiger charge is 2.20. The lowest BCUT2D eigenvalue weighted by Gasteiger charge is -2.20. The van der Waals surface area contributed by atoms with E-state index in [4.69, 9.17) is 20.3 Å². The maximum absolute atomic E-state index is 12.1. The first-order chi connectivity index (χ1) is 13.7. The minimum atomic E-state index is -0.663. The fraction of sp³-hybridized carbons (Fsp3) is 0.500. The van der Waals surface area contributed by atoms with Crippen LogP contribution in [0.1, 0.15) is 32.8 Å². The summed E-state index contributed by atoms with van der Waals surface area (Å²) in [6.45, 7) is 5.89. The molecule has 0 aliphatic carbocycles. The van der Waals surface area contributed by atoms with E-state index in [9.17, 15) is 9.59 Å². The number of rotatable bonds is 10. The largest absolute Gasteiger partial charge is 0.450 e. The molecule has 0 unspecified atom stereocenters. The van der Waals surface area contributed by atoms with Gasteiger partial charge in [-0.15, -0.1) is 0 Å². The Kier molecular flexibility index (Phi) is 10.8. The van der Waals surface area contributed by atoms with Crippen molar-refractivity contribution in [2.75, 3.05) is 12.4 Å². The maximum Gasteiger partial charge on any atom is 0.407 e. The van der Waals surface area contributed by atoms with Gasteiger partial charge in [-0.05, 0) is 11.1 Å². The second kappa shape index (κ2) is 12.8. The summed E-state index contributed by atoms with van der Waals surface area (Å²) >= 11 is 0. The van der Waals surface area contributed by atoms with Crippen LogP contribution in [0.4, 0.5) is 10.5 Å². The van der Waals surface area contributed by atoms with Crippen LogP contribution < -0.4 is 5.32 Å². The molecule has 0 aromatic heterocycles. The van der Waals surface area contributed by atoms with E-state index in [0.29, 0.717) is 11.4 Å². The number of carbonyl (C=O) groups excluding carboxylic acids is 2. The standard InChI is InChI=1S/C18H23N5O4S2/c1-18(2,3)29-28-12-15(10-16(24)26-9-8-19)21-17(25)27-11-13-4-6-14(7-5-13)22-23-20/h4-7,15H,9-12H2,1-3H3,(H,21,25)/t15-/m1/s1. The predicted molar refractivity (Wildman–Crippen MR) is 113 cm³/mol. The molecule has 156 valence electrons. The molecule has 29 heavy (non-hydrogen) atoms. The number of hydrogen-bond acceptors (Lipinski definition) is 8. The number of carbonyl (C=O) groups is 2. The van der Waals surface area contributed by atoms with Crippen molar-refractivity contribution in [3.63, 3.8) is 0 Å². The van der Waals surface area contributed by atoms with Crippen LogP contribution in [0.3, 0.4) is 0 Å². The van der Waals surface area contributed by atoms with Gasteiger partial charge in [-0.25, -0.2) is 4.79 Å². The van der Waals surface area contributed by atoms with Gasteiger partial charge in [0.1, 0.15) is 12.7 Å². The van der Waals surface area contributed by atoms with E-state index in [-0.39, 0.29) is 24.4 Å². The summed E-state index contributed by atoms with van der Waals surface area (Å²) < 4.78 is 9.99. The van der Waals surface area contributed by atoms with E-state index >= 15 is 0 Å². The molecular formula is C18H23N5O4S2. The number of nitrogens with one attached hydrogen (secondary N) is 1. The Morgan fingerprint density at radius 2 is 2.00 bits per heavy atom. The van der Waals surface area contributed by atoms with Gasteiger partial charge in [-0.1, -0.05) is 71.7 Å². The molecule has 0 saturated carbocycles. The minimum Gasteiger partial charge on any atom is -0.450 e. The Morgan fingerprint density at radius 1 is 1.31 bits per heavy atom. The van der Waals surface area contributed by atoms with E-state index in [1.54, 1.807) is 41.1 Å². The van der Waals surface area contributed by atoms with Crippen molar-refractivity contribution >= 4 is 39.3 Å². The molecule has 0 saturated heterocycles. The monoisotopic (exact) mass is 437 g/mol. The molecule has 0 fully saturated rings. The van der Waals surface area contributed by atoms with Crippen molar-refractivity contribution < 1.29 is 19.1 Å². The van der Waals surface area contributed by atoms with E-state index in [0.717, 1.165) is 5.56 Å². The highest BCUT2D eigenvalue weighted by Crippen LogP contribution is 2.35. The third-order valence-electron chi connectivity index (χ3n) is 3.08. The Hall–Kier alpha value is -2.54. The van der Waals surface area contributed by atoms with Crippen molar-refractivity contribution in [1.82, 2.24) is 5.32 Å². The lowest BCUT2D eigenvalue weighted by Crippen LogP contribution is -2.39. The SMILES string of the molecule is CC(C)(C)SSC[C@@H](CC(=O)OCC#N)NC(=O)OCc1ccc(N=[N+]=[N-])cc1. The number of nitrogens with zero attached hydrogens (tertiary/aromatic N) is 4. The van der Waals surface area contributed by atoms with Crippen molar-refractivity contribution in [1.29, 1.82) is 5.26 Å². The quantitative estimate of drug-likeness (QED) is 0.181. The molecule has 9 nitrogen and oxygen atoms in total. The average Bonchev–Trinajstić information content (AvgIpc) is 2.65. The highest BCUT2D eigenvalue weighted by atomic mass is 33.1. The summed E-state index contributed by atoms with van der Waals surface area (Å²) in [4.78, 5) is 26.6. The molecular weight excluding hydrogens is 414 g/mol. The molecule has 1 rings (SSSR count). The number of amides is 1. The number of hydrogen-bond donors (Lipinski definition) is 1. The van der Waals surface area contributed by atoms with E-state index in [1.165, 1.54) is 10.8 Å². The number of esters is 1. The summed E-state index contributed by atoms with van der Waals surface area (Å²) in [5.74, 6) is -0.0913. The third-order valence-corrected chi connectivity index (χ3v) is 6.50. The Labute approximate surface area is 177 Å². The fourth-order valence-corrected chi connectivity index (χ4v) is 4.43. The van der Waals surface area contributed by atoms with Gasteiger partial charge in [0.2, 0.25) is 0 Å². The van der Waals surface area contributed by atoms with Crippen LogP contribution in [0, 0.1) is 11.3 Å². The first kappa shape index (κ1) is 24.5. The van der Waals surface area contributed by atoms with Gasteiger partial charge in [0.05, 0.1) is 12.5 Å². The molecule has 1 aromatic carbocycles. The second-order valence-corrected chi connectivity index (χ2v) is 9.94. The van der Waals surface area contributed by atoms with Gasteiger partial charge in [-0.2, -0.15) is 5.26 Å². The molecule has 0 aliphatic rings. The molecule has 1 N–H and O–H groups in total. The van der Waals surface area contributed by atoms with Crippen LogP contribution in [0.15, 0.2) is 29.4 Å². The summed E-state index contributed by atoms with van der Waals surface area (Å²) in [7, 11) is 3.17. The molecule has 1 aromatic rings. The Morgan fingerprint density at radius 3 is 2.59 bits per heavy atom. The molecule has 0 spiro atoms. The number of alkyl carbamates (subject to hydrolysis) is 1. The molecule has 1 amide bonds. The van der Waals surface area contributed by atoms with Gasteiger partial charge < -0.3 is 14.8 Å². The second-order valence-electron chi connectivity index (χ2n) is 6.78. The number of benzene rings is 1. The normalized spacial score (nSPS) is 11.5. The average molecular weight is 438 g/mol. The predicted octanol–water partition coefficient (Wildman–Crippen LogP) is 4.86. The minimum absolute atomic E-state index is 0.0257. The van der Waals surface area contributed by atoms with Crippen LogP contribution in [-0.2, 0) is 20.9 Å². The van der Waals surface area contributed by atoms with E-state index < -0.39 is 18.1 Å². The number of ether oxygens (including phenoxy) is 2. The van der Waals surface area contributed by atoms with Crippen LogP contribution in [0.5, 0.6) is 0 Å². The fourth-order valence-electron chi connectivity index (χ4n) is 1.89. The highest BCUT2D eigenvalue weighted by molar-refractivity contribution is 8.77. The topological polar surface area (TPSA) is 137 Å². The van der Waals surface area contributed by atoms with Gasteiger partial charge in [-0.3, -0.25) is 4.79 Å². The first-order valence-electron chi connectivity index (χ1n) is 8.64. The van der Waals surface area contributed by atoms with Crippen molar-refractivity contribution in [3.05, 3.63) is 40.3 Å². The lowest BCUT2D eigenvalue weighted by molar-refractivity contribution is -0.142. The molecule has 11 heteroatoms. The lowest BCUT2D eigenvalue weighted by atomic mass is 10.2. The smallest absolute Gasteiger partial charge is 0.407 e. The van der Waals surface area contributed by atoms with Crippen LogP contribution in [0.25, 0.3) is 10.4 Å². The van der Waals surface area contributed by atoms with Crippen molar-refractivity contribution in [2.45, 2.75) is 44.6 Å². The molecule has 0 heterocycles. The van der Waals surface area contributed by atoms with Gasteiger partial charge in [0.15, 0.2) is 6.61 Å². The van der Waals surface area contributed by atoms with Crippen molar-refractivity contribution in [2.24, 2.45) is 5.11 Å². The zero-order chi connectivity index (χ0) is 21.7. The van der Waals surface area contributed by atoms with Gasteiger partial charge in [0, 0.05) is 21.1 Å². The maximum atomic E-state index is 12.1. The van der Waals surface area contributed by atoms with Crippen molar-refractivity contribution in [3.8, 4) is 6.07 Å². The Bertz CT molecular complexity index is 768. The van der Waals surface area contributed by atoms with E-state index in [1.807, 2.05) is 0 Å². The molecule has 0 bridgehead atoms. The van der Waals surface area contributed by atoms with Crippen LogP contribution in [0.2, 0.25) is 0 Å². The van der Waals surface area contributed by atoms with Gasteiger partial charge >= 0.3 is 12.1 Å². The molecule has 0 radical (unpaired) electrons. The van der Waals surface area contributed by atoms with Crippen LogP contribution in [-0.4, -0.2) is 35.2 Å². The zero-order valence-electron chi connectivity index (χ0n) is 16.5. The zero-order valence-corrected chi connectivity index (χ0v) is 18.1. The molecule has 0 aliphatic heterocycles. The molecule has 1 atom stereocenters. The third kappa shape index (κ3) is 11.8. The summed E-state index contributed by atoms with van der Waals surface area (Å²) in [6, 6.07) is 7.84. The number of azide groups is 1. The summed E-state index contributed by atoms with van der Waals surface area (Å²) in [5, 5.41) is 14.6. The van der Waals surface area contributed by atoms with E-state index in [2.05, 4.69) is 36.1 Å². The Balaban J connectivity index is 2.57. The van der Waals surface area contributed by atoms with Gasteiger partial charge in [0.25, 0.3) is 0 Å².